The standard InChI is InChI=1S/C15H12O4/c1-3-4-5-6-7-13-8-10-15(19-13)14(9-11-17-15)18-12(2)16/h7-11,14H,1-2H3. The first-order valence-corrected chi connectivity index (χ1v) is 5.69. The highest BCUT2D eigenvalue weighted by atomic mass is 16.7. The lowest BCUT2D eigenvalue weighted by Crippen LogP contribution is -2.40. The van der Waals surface area contributed by atoms with Gasteiger partial charge in [-0.1, -0.05) is 11.8 Å². The van der Waals surface area contributed by atoms with Crippen LogP contribution in [-0.2, 0) is 19.0 Å². The maximum absolute atomic E-state index is 11.0. The molecule has 0 aromatic carbocycles. The van der Waals surface area contributed by atoms with Crippen molar-refractivity contribution in [3.63, 3.8) is 0 Å². The van der Waals surface area contributed by atoms with Crippen LogP contribution in [0.25, 0.3) is 0 Å². The smallest absolute Gasteiger partial charge is 0.312 e. The van der Waals surface area contributed by atoms with Gasteiger partial charge in [0, 0.05) is 19.1 Å². The zero-order chi connectivity index (χ0) is 13.7. The van der Waals surface area contributed by atoms with Crippen molar-refractivity contribution in [2.45, 2.75) is 25.7 Å². The van der Waals surface area contributed by atoms with Crippen LogP contribution in [0.3, 0.4) is 0 Å². The molecule has 2 aliphatic heterocycles. The fourth-order valence-electron chi connectivity index (χ4n) is 1.67. The first-order chi connectivity index (χ1) is 9.16. The van der Waals surface area contributed by atoms with E-state index >= 15 is 0 Å². The van der Waals surface area contributed by atoms with Crippen molar-refractivity contribution >= 4 is 5.97 Å². The number of hydrogen-bond donors (Lipinski definition) is 0. The van der Waals surface area contributed by atoms with Gasteiger partial charge in [-0.05, 0) is 30.9 Å². The maximum Gasteiger partial charge on any atom is 0.312 e. The van der Waals surface area contributed by atoms with E-state index in [1.165, 1.54) is 13.2 Å². The minimum atomic E-state index is -1.10. The molecule has 2 aliphatic rings. The molecule has 4 nitrogen and oxygen atoms in total. The number of rotatable bonds is 1. The van der Waals surface area contributed by atoms with Crippen molar-refractivity contribution in [3.8, 4) is 23.7 Å². The summed E-state index contributed by atoms with van der Waals surface area (Å²) in [4.78, 5) is 11.0. The summed E-state index contributed by atoms with van der Waals surface area (Å²) in [5.41, 5.74) is 0. The van der Waals surface area contributed by atoms with Crippen LogP contribution in [0, 0.1) is 23.7 Å². The Kier molecular flexibility index (Phi) is 3.63. The number of carbonyl (C=O) groups is 1. The molecule has 19 heavy (non-hydrogen) atoms. The molecule has 0 bridgehead atoms. The summed E-state index contributed by atoms with van der Waals surface area (Å²) in [6, 6.07) is 0. The highest BCUT2D eigenvalue weighted by Crippen LogP contribution is 2.36. The zero-order valence-corrected chi connectivity index (χ0v) is 10.6. The fourth-order valence-corrected chi connectivity index (χ4v) is 1.67. The summed E-state index contributed by atoms with van der Waals surface area (Å²) < 4.78 is 16.2. The summed E-state index contributed by atoms with van der Waals surface area (Å²) >= 11 is 0. The average Bonchev–Trinajstić information content (AvgIpc) is 2.94. The third kappa shape index (κ3) is 2.81. The Morgan fingerprint density at radius 1 is 1.53 bits per heavy atom. The summed E-state index contributed by atoms with van der Waals surface area (Å²) in [6.45, 7) is 3.05. The third-order valence-corrected chi connectivity index (χ3v) is 2.43. The molecule has 0 aromatic heterocycles. The van der Waals surface area contributed by atoms with Gasteiger partial charge in [0.25, 0.3) is 0 Å². The molecule has 96 valence electrons. The van der Waals surface area contributed by atoms with Gasteiger partial charge in [-0.3, -0.25) is 4.79 Å². The largest absolute Gasteiger partial charge is 0.453 e. The van der Waals surface area contributed by atoms with Gasteiger partial charge in [-0.2, -0.15) is 0 Å². The molecule has 2 rings (SSSR count). The van der Waals surface area contributed by atoms with Crippen molar-refractivity contribution in [2.24, 2.45) is 0 Å². The Morgan fingerprint density at radius 3 is 3.11 bits per heavy atom. The number of esters is 1. The number of carbonyl (C=O) groups excluding carboxylic acids is 1. The van der Waals surface area contributed by atoms with E-state index in [0.29, 0.717) is 5.76 Å². The number of ether oxygens (including phenoxy) is 3. The van der Waals surface area contributed by atoms with E-state index in [-0.39, 0.29) is 0 Å². The normalized spacial score (nSPS) is 28.1. The predicted molar refractivity (Wildman–Crippen MR) is 68.0 cm³/mol. The number of hydrogen-bond acceptors (Lipinski definition) is 4. The Balaban J connectivity index is 2.09. The van der Waals surface area contributed by atoms with E-state index in [4.69, 9.17) is 14.2 Å². The van der Waals surface area contributed by atoms with Crippen LogP contribution >= 0.6 is 0 Å². The van der Waals surface area contributed by atoms with Crippen molar-refractivity contribution in [3.05, 3.63) is 36.3 Å². The van der Waals surface area contributed by atoms with Crippen molar-refractivity contribution < 1.29 is 19.0 Å². The minimum Gasteiger partial charge on any atom is -0.453 e. The summed E-state index contributed by atoms with van der Waals surface area (Å²) in [5.74, 6) is 9.71. The molecule has 0 aliphatic carbocycles. The molecule has 2 atom stereocenters. The van der Waals surface area contributed by atoms with Gasteiger partial charge in [0.05, 0.1) is 6.26 Å². The van der Waals surface area contributed by atoms with E-state index < -0.39 is 17.9 Å². The van der Waals surface area contributed by atoms with Crippen LogP contribution in [-0.4, -0.2) is 17.9 Å². The van der Waals surface area contributed by atoms with E-state index in [1.54, 1.807) is 31.2 Å². The van der Waals surface area contributed by atoms with Gasteiger partial charge in [0.1, 0.15) is 5.76 Å². The monoisotopic (exact) mass is 256 g/mol. The topological polar surface area (TPSA) is 44.8 Å². The molecule has 0 saturated carbocycles. The van der Waals surface area contributed by atoms with Crippen LogP contribution in [0.5, 0.6) is 0 Å². The molecular weight excluding hydrogens is 244 g/mol. The van der Waals surface area contributed by atoms with Crippen molar-refractivity contribution in [1.82, 2.24) is 0 Å². The fraction of sp³-hybridized carbons (Fsp3) is 0.267. The van der Waals surface area contributed by atoms with Crippen LogP contribution in [0.4, 0.5) is 0 Å². The molecule has 0 aromatic rings. The predicted octanol–water partition coefficient (Wildman–Crippen LogP) is 1.66. The van der Waals surface area contributed by atoms with E-state index in [9.17, 15) is 4.79 Å². The lowest BCUT2D eigenvalue weighted by Gasteiger charge is -2.27. The first kappa shape index (κ1) is 12.9. The second kappa shape index (κ2) is 5.37. The second-order valence-electron chi connectivity index (χ2n) is 3.82. The minimum absolute atomic E-state index is 0.396. The van der Waals surface area contributed by atoms with Gasteiger partial charge >= 0.3 is 11.8 Å². The maximum atomic E-state index is 11.0. The van der Waals surface area contributed by atoms with Gasteiger partial charge in [-0.25, -0.2) is 0 Å². The van der Waals surface area contributed by atoms with Gasteiger partial charge in [0.2, 0.25) is 6.10 Å². The highest BCUT2D eigenvalue weighted by molar-refractivity contribution is 5.66. The van der Waals surface area contributed by atoms with Crippen LogP contribution in [0.15, 0.2) is 36.3 Å². The molecule has 0 saturated heterocycles. The van der Waals surface area contributed by atoms with Gasteiger partial charge in [-0.15, -0.1) is 0 Å². The number of allylic oxidation sites excluding steroid dienone is 2. The van der Waals surface area contributed by atoms with Crippen molar-refractivity contribution in [2.75, 3.05) is 0 Å². The van der Waals surface area contributed by atoms with Crippen molar-refractivity contribution in [1.29, 1.82) is 0 Å². The molecule has 0 radical (unpaired) electrons. The van der Waals surface area contributed by atoms with Gasteiger partial charge in [0.15, 0.2) is 0 Å². The van der Waals surface area contributed by atoms with Crippen LogP contribution in [0.2, 0.25) is 0 Å². The van der Waals surface area contributed by atoms with Crippen LogP contribution in [0.1, 0.15) is 13.8 Å². The quantitative estimate of drug-likeness (QED) is 0.528. The van der Waals surface area contributed by atoms with E-state index in [0.717, 1.165) is 0 Å². The molecule has 2 heterocycles. The lowest BCUT2D eigenvalue weighted by molar-refractivity contribution is -0.189. The summed E-state index contributed by atoms with van der Waals surface area (Å²) in [6.07, 6.45) is 7.48. The summed E-state index contributed by atoms with van der Waals surface area (Å²) in [7, 11) is 0. The van der Waals surface area contributed by atoms with E-state index in [1.807, 2.05) is 0 Å². The molecule has 0 fully saturated rings. The highest BCUT2D eigenvalue weighted by Gasteiger charge is 2.48. The molecule has 1 spiro atoms. The van der Waals surface area contributed by atoms with Crippen LogP contribution < -0.4 is 0 Å². The SMILES string of the molecule is CC#CC#CC=C1C=CC2(OC=CC2OC(C)=O)O1. The summed E-state index contributed by atoms with van der Waals surface area (Å²) in [5, 5.41) is 0. The Bertz CT molecular complexity index is 589. The van der Waals surface area contributed by atoms with Gasteiger partial charge < -0.3 is 14.2 Å². The Hall–Kier alpha value is -2.59. The lowest BCUT2D eigenvalue weighted by atomic mass is 10.1. The third-order valence-electron chi connectivity index (χ3n) is 2.43. The second-order valence-corrected chi connectivity index (χ2v) is 3.82. The first-order valence-electron chi connectivity index (χ1n) is 5.69. The van der Waals surface area contributed by atoms with E-state index in [2.05, 4.69) is 23.7 Å². The Labute approximate surface area is 111 Å². The molecule has 2 unspecified atom stereocenters. The molecular formula is C15H12O4. The zero-order valence-electron chi connectivity index (χ0n) is 10.6. The molecule has 0 N–H and O–H groups in total. The molecule has 0 amide bonds. The Morgan fingerprint density at radius 2 is 2.37 bits per heavy atom. The average molecular weight is 256 g/mol. The molecule has 4 heteroatoms.